The van der Waals surface area contributed by atoms with E-state index in [4.69, 9.17) is 0 Å². The van der Waals surface area contributed by atoms with Crippen LogP contribution in [0.2, 0.25) is 0 Å². The lowest BCUT2D eigenvalue weighted by molar-refractivity contribution is 0.186. The van der Waals surface area contributed by atoms with E-state index in [1.54, 1.807) is 0 Å². The maximum absolute atomic E-state index is 10.1. The molecular weight excluding hydrogens is 156 g/mol. The Kier molecular flexibility index (Phi) is 10.6. The Labute approximate surface area is 74.6 Å². The van der Waals surface area contributed by atoms with Gasteiger partial charge < -0.3 is 0 Å². The van der Waals surface area contributed by atoms with Gasteiger partial charge in [0.2, 0.25) is 0 Å². The second kappa shape index (κ2) is 10.3. The molecule has 1 nitrogen and oxygen atoms in total. The fraction of sp³-hybridized carbons (Fsp3) is 1.00. The SMILES string of the molecule is CCCCSCCCCC[O]. The van der Waals surface area contributed by atoms with Crippen LogP contribution < -0.4 is 0 Å². The van der Waals surface area contributed by atoms with E-state index in [-0.39, 0.29) is 6.61 Å². The summed E-state index contributed by atoms with van der Waals surface area (Å²) in [4.78, 5) is 0. The van der Waals surface area contributed by atoms with Gasteiger partial charge in [-0.2, -0.15) is 11.8 Å². The van der Waals surface area contributed by atoms with Crippen LogP contribution in [0, 0.1) is 0 Å². The van der Waals surface area contributed by atoms with E-state index in [0.717, 1.165) is 12.8 Å². The summed E-state index contributed by atoms with van der Waals surface area (Å²) in [5.41, 5.74) is 0. The van der Waals surface area contributed by atoms with Crippen molar-refractivity contribution in [2.24, 2.45) is 0 Å². The van der Waals surface area contributed by atoms with E-state index in [2.05, 4.69) is 6.92 Å². The quantitative estimate of drug-likeness (QED) is 0.519. The highest BCUT2D eigenvalue weighted by Gasteiger charge is 1.89. The fourth-order valence-electron chi connectivity index (χ4n) is 0.831. The Morgan fingerprint density at radius 3 is 2.36 bits per heavy atom. The molecule has 0 rings (SSSR count). The van der Waals surface area contributed by atoms with Crippen molar-refractivity contribution in [1.82, 2.24) is 0 Å². The van der Waals surface area contributed by atoms with Crippen molar-refractivity contribution >= 4 is 11.8 Å². The molecule has 1 radical (unpaired) electrons. The van der Waals surface area contributed by atoms with Gasteiger partial charge in [0.15, 0.2) is 0 Å². The highest BCUT2D eigenvalue weighted by atomic mass is 32.2. The van der Waals surface area contributed by atoms with Crippen LogP contribution in [-0.2, 0) is 5.11 Å². The minimum Gasteiger partial charge on any atom is -0.237 e. The van der Waals surface area contributed by atoms with Gasteiger partial charge in [-0.3, -0.25) is 0 Å². The van der Waals surface area contributed by atoms with Gasteiger partial charge in [0.1, 0.15) is 0 Å². The highest BCUT2D eigenvalue weighted by Crippen LogP contribution is 2.08. The molecule has 11 heavy (non-hydrogen) atoms. The zero-order valence-electron chi connectivity index (χ0n) is 7.47. The Balaban J connectivity index is 2.69. The molecule has 0 unspecified atom stereocenters. The molecule has 0 aliphatic carbocycles. The molecule has 0 aromatic rings. The van der Waals surface area contributed by atoms with Crippen LogP contribution in [0.3, 0.4) is 0 Å². The van der Waals surface area contributed by atoms with E-state index in [1.165, 1.54) is 30.8 Å². The molecule has 2 heteroatoms. The summed E-state index contributed by atoms with van der Waals surface area (Å²) in [6.45, 7) is 2.33. The Bertz CT molecular complexity index is 58.6. The monoisotopic (exact) mass is 175 g/mol. The standard InChI is InChI=1S/C9H19OS/c1-2-3-8-11-9-6-4-5-7-10/h2-9H2,1H3. The second-order valence-corrected chi connectivity index (χ2v) is 3.96. The number of hydrogen-bond acceptors (Lipinski definition) is 1. The van der Waals surface area contributed by atoms with Crippen molar-refractivity contribution in [2.45, 2.75) is 39.0 Å². The smallest absolute Gasteiger partial charge is 0.0822 e. The first-order chi connectivity index (χ1) is 5.41. The van der Waals surface area contributed by atoms with Gasteiger partial charge in [-0.15, -0.1) is 0 Å². The molecule has 0 bridgehead atoms. The number of hydrogen-bond donors (Lipinski definition) is 0. The Morgan fingerprint density at radius 2 is 1.73 bits per heavy atom. The van der Waals surface area contributed by atoms with E-state index in [9.17, 15) is 5.11 Å². The van der Waals surface area contributed by atoms with Crippen LogP contribution in [-0.4, -0.2) is 18.1 Å². The van der Waals surface area contributed by atoms with E-state index < -0.39 is 0 Å². The summed E-state index contributed by atoms with van der Waals surface area (Å²) in [5, 5.41) is 10.1. The first-order valence-electron chi connectivity index (χ1n) is 4.57. The van der Waals surface area contributed by atoms with E-state index >= 15 is 0 Å². The average Bonchev–Trinajstić information content (AvgIpc) is 2.03. The van der Waals surface area contributed by atoms with Gasteiger partial charge in [0.25, 0.3) is 0 Å². The van der Waals surface area contributed by atoms with Crippen LogP contribution in [0.25, 0.3) is 0 Å². The van der Waals surface area contributed by atoms with E-state index in [1.807, 2.05) is 11.8 Å². The first-order valence-corrected chi connectivity index (χ1v) is 5.73. The summed E-state index contributed by atoms with van der Waals surface area (Å²) in [6.07, 6.45) is 5.87. The molecule has 0 saturated heterocycles. The fourth-order valence-corrected chi connectivity index (χ4v) is 1.94. The first kappa shape index (κ1) is 11.3. The van der Waals surface area contributed by atoms with Crippen molar-refractivity contribution in [1.29, 1.82) is 0 Å². The van der Waals surface area contributed by atoms with Gasteiger partial charge in [-0.25, -0.2) is 5.11 Å². The average molecular weight is 175 g/mol. The normalized spacial score (nSPS) is 10.4. The summed E-state index contributed by atoms with van der Waals surface area (Å²) >= 11 is 2.03. The zero-order chi connectivity index (χ0) is 8.36. The van der Waals surface area contributed by atoms with Gasteiger partial charge in [-0.05, 0) is 30.8 Å². The summed E-state index contributed by atoms with van der Waals surface area (Å²) < 4.78 is 0. The third-order valence-electron chi connectivity index (χ3n) is 1.58. The van der Waals surface area contributed by atoms with Gasteiger partial charge in [-0.1, -0.05) is 19.8 Å². The lowest BCUT2D eigenvalue weighted by atomic mass is 10.3. The minimum atomic E-state index is 0.111. The van der Waals surface area contributed by atoms with Crippen molar-refractivity contribution in [3.63, 3.8) is 0 Å². The Hall–Kier alpha value is 0.310. The van der Waals surface area contributed by atoms with E-state index in [0.29, 0.717) is 0 Å². The third kappa shape index (κ3) is 10.3. The molecule has 0 amide bonds. The molecule has 0 aromatic carbocycles. The lowest BCUT2D eigenvalue weighted by Gasteiger charge is -1.98. The van der Waals surface area contributed by atoms with Gasteiger partial charge in [0.05, 0.1) is 6.61 Å². The molecule has 0 aromatic heterocycles. The van der Waals surface area contributed by atoms with Crippen LogP contribution >= 0.6 is 11.8 Å². The molecule has 0 aliphatic heterocycles. The molecule has 0 heterocycles. The largest absolute Gasteiger partial charge is 0.237 e. The molecule has 0 atom stereocenters. The predicted molar refractivity (Wildman–Crippen MR) is 51.6 cm³/mol. The van der Waals surface area contributed by atoms with Crippen molar-refractivity contribution in [2.75, 3.05) is 18.1 Å². The zero-order valence-corrected chi connectivity index (χ0v) is 8.29. The number of rotatable bonds is 8. The molecule has 0 spiro atoms. The van der Waals surface area contributed by atoms with Crippen LogP contribution in [0.5, 0.6) is 0 Å². The third-order valence-corrected chi connectivity index (χ3v) is 2.73. The molecule has 0 fully saturated rings. The van der Waals surface area contributed by atoms with Crippen LogP contribution in [0.4, 0.5) is 0 Å². The maximum Gasteiger partial charge on any atom is 0.0822 e. The molecular formula is C9H19OS. The lowest BCUT2D eigenvalue weighted by Crippen LogP contribution is -1.86. The van der Waals surface area contributed by atoms with Crippen LogP contribution in [0.1, 0.15) is 39.0 Å². The highest BCUT2D eigenvalue weighted by molar-refractivity contribution is 7.99. The molecule has 0 aliphatic rings. The summed E-state index contributed by atoms with van der Waals surface area (Å²) in [7, 11) is 0. The molecule has 0 N–H and O–H groups in total. The number of unbranched alkanes of at least 4 members (excludes halogenated alkanes) is 3. The maximum atomic E-state index is 10.1. The van der Waals surface area contributed by atoms with Crippen molar-refractivity contribution in [3.05, 3.63) is 0 Å². The summed E-state index contributed by atoms with van der Waals surface area (Å²) in [6, 6.07) is 0. The van der Waals surface area contributed by atoms with Gasteiger partial charge in [0, 0.05) is 0 Å². The van der Waals surface area contributed by atoms with Crippen molar-refractivity contribution in [3.8, 4) is 0 Å². The Morgan fingerprint density at radius 1 is 1.00 bits per heavy atom. The predicted octanol–water partition coefficient (Wildman–Crippen LogP) is 3.12. The van der Waals surface area contributed by atoms with Crippen LogP contribution in [0.15, 0.2) is 0 Å². The summed E-state index contributed by atoms with van der Waals surface area (Å²) in [5.74, 6) is 2.55. The van der Waals surface area contributed by atoms with Crippen molar-refractivity contribution < 1.29 is 5.11 Å². The molecule has 67 valence electrons. The van der Waals surface area contributed by atoms with Gasteiger partial charge >= 0.3 is 0 Å². The molecule has 0 saturated carbocycles. The number of thioether (sulfide) groups is 1. The minimum absolute atomic E-state index is 0.111. The second-order valence-electron chi connectivity index (χ2n) is 2.73. The topological polar surface area (TPSA) is 19.9 Å².